The molecule has 0 saturated carbocycles. The fourth-order valence-corrected chi connectivity index (χ4v) is 2.74. The normalized spacial score (nSPS) is 10.8. The molecule has 0 aliphatic carbocycles. The van der Waals surface area contributed by atoms with Crippen molar-refractivity contribution in [3.8, 4) is 17.1 Å². The summed E-state index contributed by atoms with van der Waals surface area (Å²) in [4.78, 5) is 14.9. The lowest BCUT2D eigenvalue weighted by Crippen LogP contribution is -2.02. The predicted molar refractivity (Wildman–Crippen MR) is 91.9 cm³/mol. The molecule has 0 N–H and O–H groups in total. The number of nitrogens with zero attached hydrogens (tertiary/aromatic N) is 2. The van der Waals surface area contributed by atoms with Crippen LogP contribution in [0, 0.1) is 20.8 Å². The van der Waals surface area contributed by atoms with Crippen molar-refractivity contribution in [2.75, 3.05) is 6.61 Å². The fraction of sp³-hybridized carbons (Fsp3) is 0.316. The quantitative estimate of drug-likeness (QED) is 0.476. The third-order valence-corrected chi connectivity index (χ3v) is 3.86. The van der Waals surface area contributed by atoms with Gasteiger partial charge in [-0.1, -0.05) is 5.16 Å². The largest absolute Gasteiger partial charge is 0.493 e. The Kier molecular flexibility index (Phi) is 4.97. The van der Waals surface area contributed by atoms with Crippen LogP contribution in [0.1, 0.15) is 39.8 Å². The average Bonchev–Trinajstić information content (AvgIpc) is 3.22. The van der Waals surface area contributed by atoms with Crippen LogP contribution in [-0.2, 0) is 6.42 Å². The zero-order valence-electron chi connectivity index (χ0n) is 14.5. The number of hydrogen-bond acceptors (Lipinski definition) is 6. The van der Waals surface area contributed by atoms with Crippen LogP contribution in [0.3, 0.4) is 0 Å². The lowest BCUT2D eigenvalue weighted by Gasteiger charge is -2.13. The van der Waals surface area contributed by atoms with Crippen molar-refractivity contribution in [1.29, 1.82) is 0 Å². The van der Waals surface area contributed by atoms with E-state index in [1.807, 2.05) is 32.0 Å². The van der Waals surface area contributed by atoms with Crippen LogP contribution in [-0.4, -0.2) is 23.0 Å². The molecular weight excluding hydrogens is 320 g/mol. The van der Waals surface area contributed by atoms with Crippen LogP contribution in [0.15, 0.2) is 33.2 Å². The molecule has 2 heterocycles. The lowest BCUT2D eigenvalue weighted by molar-refractivity contribution is 0.109. The summed E-state index contributed by atoms with van der Waals surface area (Å²) in [5.74, 6) is 3.15. The first kappa shape index (κ1) is 17.0. The summed E-state index contributed by atoms with van der Waals surface area (Å²) in [6.45, 7) is 6.34. The van der Waals surface area contributed by atoms with Crippen molar-refractivity contribution in [3.63, 3.8) is 0 Å². The van der Waals surface area contributed by atoms with Gasteiger partial charge in [0.15, 0.2) is 12.0 Å². The first-order valence-electron chi connectivity index (χ1n) is 8.15. The molecule has 0 aliphatic rings. The summed E-state index contributed by atoms with van der Waals surface area (Å²) in [5, 5.41) is 3.95. The number of carbonyl (C=O) groups is 1. The molecule has 0 unspecified atom stereocenters. The number of carbonyl (C=O) groups excluding carboxylic acids is 1. The molecule has 0 radical (unpaired) electrons. The molecule has 0 bridgehead atoms. The van der Waals surface area contributed by atoms with Gasteiger partial charge in [0.05, 0.1) is 6.61 Å². The van der Waals surface area contributed by atoms with Gasteiger partial charge in [-0.2, -0.15) is 4.98 Å². The molecule has 0 fully saturated rings. The number of hydrogen-bond donors (Lipinski definition) is 0. The van der Waals surface area contributed by atoms with E-state index in [1.165, 1.54) is 0 Å². The van der Waals surface area contributed by atoms with Gasteiger partial charge in [0.25, 0.3) is 0 Å². The summed E-state index contributed by atoms with van der Waals surface area (Å²) in [5.41, 5.74) is 2.97. The fourth-order valence-electron chi connectivity index (χ4n) is 2.74. The van der Waals surface area contributed by atoms with E-state index in [9.17, 15) is 4.79 Å². The van der Waals surface area contributed by atoms with Gasteiger partial charge in [-0.15, -0.1) is 0 Å². The molecule has 0 spiro atoms. The van der Waals surface area contributed by atoms with Crippen molar-refractivity contribution < 1.29 is 18.5 Å². The second-order valence-electron chi connectivity index (χ2n) is 5.95. The molecule has 6 nitrogen and oxygen atoms in total. The predicted octanol–water partition coefficient (Wildman–Crippen LogP) is 4.08. The third-order valence-electron chi connectivity index (χ3n) is 3.86. The Balaban J connectivity index is 1.61. The molecule has 25 heavy (non-hydrogen) atoms. The molecule has 0 aliphatic heterocycles. The first-order chi connectivity index (χ1) is 12.1. The number of ether oxygens (including phenoxy) is 1. The van der Waals surface area contributed by atoms with E-state index in [4.69, 9.17) is 13.7 Å². The summed E-state index contributed by atoms with van der Waals surface area (Å²) < 4.78 is 16.3. The van der Waals surface area contributed by atoms with Crippen molar-refractivity contribution in [2.45, 2.75) is 33.6 Å². The number of furan rings is 1. The van der Waals surface area contributed by atoms with Crippen molar-refractivity contribution in [2.24, 2.45) is 0 Å². The van der Waals surface area contributed by atoms with Gasteiger partial charge in [0.1, 0.15) is 11.5 Å². The number of aldehydes is 1. The molecule has 0 saturated heterocycles. The molecule has 2 aromatic heterocycles. The van der Waals surface area contributed by atoms with Crippen LogP contribution < -0.4 is 4.74 Å². The molecule has 3 aromatic rings. The maximum atomic E-state index is 10.6. The van der Waals surface area contributed by atoms with Crippen LogP contribution >= 0.6 is 0 Å². The van der Waals surface area contributed by atoms with Gasteiger partial charge < -0.3 is 13.7 Å². The standard InChI is InChI=1S/C19H20N2O4/c1-12-9-15(19-20-14(3)25-21-19)10-13(2)18(12)23-8-4-5-16-6-7-17(11-22)24-16/h6-7,9-11H,4-5,8H2,1-3H3. The summed E-state index contributed by atoms with van der Waals surface area (Å²) >= 11 is 0. The number of aromatic nitrogens is 2. The van der Waals surface area contributed by atoms with Crippen LogP contribution in [0.25, 0.3) is 11.4 Å². The minimum atomic E-state index is 0.356. The van der Waals surface area contributed by atoms with Crippen molar-refractivity contribution >= 4 is 6.29 Å². The molecular formula is C19H20N2O4. The highest BCUT2D eigenvalue weighted by atomic mass is 16.5. The minimum absolute atomic E-state index is 0.356. The molecule has 0 amide bonds. The summed E-state index contributed by atoms with van der Waals surface area (Å²) in [6.07, 6.45) is 2.24. The van der Waals surface area contributed by atoms with E-state index in [0.29, 0.717) is 30.4 Å². The topological polar surface area (TPSA) is 78.4 Å². The van der Waals surface area contributed by atoms with E-state index < -0.39 is 0 Å². The Bertz CT molecular complexity index is 856. The first-order valence-corrected chi connectivity index (χ1v) is 8.15. The minimum Gasteiger partial charge on any atom is -0.493 e. The molecule has 1 aromatic carbocycles. The Morgan fingerprint density at radius 2 is 1.92 bits per heavy atom. The Morgan fingerprint density at radius 3 is 2.52 bits per heavy atom. The smallest absolute Gasteiger partial charge is 0.223 e. The van der Waals surface area contributed by atoms with Crippen LogP contribution in [0.5, 0.6) is 5.75 Å². The highest BCUT2D eigenvalue weighted by Gasteiger charge is 2.12. The molecule has 130 valence electrons. The van der Waals surface area contributed by atoms with Gasteiger partial charge in [0, 0.05) is 18.9 Å². The third kappa shape index (κ3) is 3.96. The van der Waals surface area contributed by atoms with Crippen LogP contribution in [0.4, 0.5) is 0 Å². The average molecular weight is 340 g/mol. The van der Waals surface area contributed by atoms with Gasteiger partial charge >= 0.3 is 0 Å². The Labute approximate surface area is 145 Å². The van der Waals surface area contributed by atoms with Crippen molar-refractivity contribution in [1.82, 2.24) is 10.1 Å². The maximum Gasteiger partial charge on any atom is 0.223 e. The Morgan fingerprint density at radius 1 is 1.16 bits per heavy atom. The van der Waals surface area contributed by atoms with E-state index in [-0.39, 0.29) is 0 Å². The van der Waals surface area contributed by atoms with Crippen molar-refractivity contribution in [3.05, 3.63) is 52.8 Å². The molecule has 0 atom stereocenters. The maximum absolute atomic E-state index is 10.6. The van der Waals surface area contributed by atoms with Gasteiger partial charge in [0.2, 0.25) is 11.7 Å². The summed E-state index contributed by atoms with van der Waals surface area (Å²) in [7, 11) is 0. The van der Waals surface area contributed by atoms with E-state index in [1.54, 1.807) is 13.0 Å². The number of benzene rings is 1. The van der Waals surface area contributed by atoms with E-state index in [0.717, 1.165) is 41.0 Å². The van der Waals surface area contributed by atoms with E-state index in [2.05, 4.69) is 10.1 Å². The lowest BCUT2D eigenvalue weighted by atomic mass is 10.1. The summed E-state index contributed by atoms with van der Waals surface area (Å²) in [6, 6.07) is 7.49. The second kappa shape index (κ2) is 7.34. The SMILES string of the molecule is Cc1nc(-c2cc(C)c(OCCCc3ccc(C=O)o3)c(C)c2)no1. The van der Waals surface area contributed by atoms with Crippen LogP contribution in [0.2, 0.25) is 0 Å². The molecule has 3 rings (SSSR count). The van der Waals surface area contributed by atoms with Gasteiger partial charge in [-0.3, -0.25) is 4.79 Å². The highest BCUT2D eigenvalue weighted by Crippen LogP contribution is 2.29. The molecule has 6 heteroatoms. The zero-order chi connectivity index (χ0) is 17.8. The number of aryl methyl sites for hydroxylation is 4. The Hall–Kier alpha value is -2.89. The monoisotopic (exact) mass is 340 g/mol. The number of rotatable bonds is 7. The zero-order valence-corrected chi connectivity index (χ0v) is 14.5. The second-order valence-corrected chi connectivity index (χ2v) is 5.95. The van der Waals surface area contributed by atoms with Gasteiger partial charge in [-0.05, 0) is 55.7 Å². The van der Waals surface area contributed by atoms with Gasteiger partial charge in [-0.25, -0.2) is 0 Å². The van der Waals surface area contributed by atoms with E-state index >= 15 is 0 Å². The highest BCUT2D eigenvalue weighted by molar-refractivity contribution is 5.70.